The van der Waals surface area contributed by atoms with Gasteiger partial charge in [-0.1, -0.05) is 11.6 Å². The predicted octanol–water partition coefficient (Wildman–Crippen LogP) is 3.94. The first kappa shape index (κ1) is 17.9. The molecule has 0 saturated carbocycles. The maximum absolute atomic E-state index is 13.0. The molecule has 0 radical (unpaired) electrons. The summed E-state index contributed by atoms with van der Waals surface area (Å²) in [5.41, 5.74) is 1.77. The first-order valence-electron chi connectivity index (χ1n) is 7.55. The monoisotopic (exact) mass is 348 g/mol. The van der Waals surface area contributed by atoms with Crippen molar-refractivity contribution in [3.8, 4) is 0 Å². The van der Waals surface area contributed by atoms with Gasteiger partial charge in [-0.3, -0.25) is 9.59 Å². The molecule has 2 aromatic carbocycles. The first-order chi connectivity index (χ1) is 11.5. The zero-order valence-electron chi connectivity index (χ0n) is 13.2. The molecule has 0 aliphatic carbocycles. The van der Waals surface area contributed by atoms with Crippen LogP contribution in [-0.4, -0.2) is 18.4 Å². The average molecular weight is 349 g/mol. The summed E-state index contributed by atoms with van der Waals surface area (Å²) >= 11 is 5.77. The second kappa shape index (κ2) is 8.45. The molecule has 2 N–H and O–H groups in total. The summed E-state index contributed by atoms with van der Waals surface area (Å²) in [6.45, 7) is 2.11. The summed E-state index contributed by atoms with van der Waals surface area (Å²) in [5, 5.41) is 6.04. The standard InChI is InChI=1S/C18H18ClFN2O2/c1-12-11-15(20)8-9-16(12)22-17(23)3-2-10-21-18(24)13-4-6-14(19)7-5-13/h4-9,11H,2-3,10H2,1H3,(H,21,24)(H,22,23). The quantitative estimate of drug-likeness (QED) is 0.777. The van der Waals surface area contributed by atoms with Crippen LogP contribution < -0.4 is 10.6 Å². The number of hydrogen-bond acceptors (Lipinski definition) is 2. The van der Waals surface area contributed by atoms with E-state index in [4.69, 9.17) is 11.6 Å². The van der Waals surface area contributed by atoms with Crippen molar-refractivity contribution in [1.29, 1.82) is 0 Å². The molecular formula is C18H18ClFN2O2. The van der Waals surface area contributed by atoms with E-state index in [0.29, 0.717) is 34.8 Å². The summed E-state index contributed by atoms with van der Waals surface area (Å²) in [7, 11) is 0. The van der Waals surface area contributed by atoms with Gasteiger partial charge in [0.2, 0.25) is 5.91 Å². The van der Waals surface area contributed by atoms with Gasteiger partial charge in [-0.25, -0.2) is 4.39 Å². The van der Waals surface area contributed by atoms with Crippen molar-refractivity contribution in [3.05, 3.63) is 64.4 Å². The zero-order valence-corrected chi connectivity index (χ0v) is 14.0. The Balaban J connectivity index is 1.72. The molecule has 0 saturated heterocycles. The highest BCUT2D eigenvalue weighted by molar-refractivity contribution is 6.30. The summed E-state index contributed by atoms with van der Waals surface area (Å²) in [5.74, 6) is -0.720. The van der Waals surface area contributed by atoms with E-state index < -0.39 is 0 Å². The zero-order chi connectivity index (χ0) is 17.5. The van der Waals surface area contributed by atoms with E-state index in [1.807, 2.05) is 0 Å². The van der Waals surface area contributed by atoms with Gasteiger partial charge in [0.15, 0.2) is 0 Å². The number of halogens is 2. The normalized spacial score (nSPS) is 10.3. The van der Waals surface area contributed by atoms with Crippen molar-refractivity contribution < 1.29 is 14.0 Å². The van der Waals surface area contributed by atoms with E-state index in [1.165, 1.54) is 18.2 Å². The Morgan fingerprint density at radius 1 is 1.12 bits per heavy atom. The fraction of sp³-hybridized carbons (Fsp3) is 0.222. The number of benzene rings is 2. The Morgan fingerprint density at radius 3 is 2.50 bits per heavy atom. The number of hydrogen-bond donors (Lipinski definition) is 2. The Hall–Kier alpha value is -2.40. The van der Waals surface area contributed by atoms with Gasteiger partial charge in [-0.15, -0.1) is 0 Å². The van der Waals surface area contributed by atoms with Gasteiger partial charge in [-0.2, -0.15) is 0 Å². The molecule has 2 rings (SSSR count). The van der Waals surface area contributed by atoms with Crippen LogP contribution in [0.3, 0.4) is 0 Å². The molecular weight excluding hydrogens is 331 g/mol. The molecule has 4 nitrogen and oxygen atoms in total. The molecule has 0 unspecified atom stereocenters. The van der Waals surface area contributed by atoms with Crippen molar-refractivity contribution in [2.45, 2.75) is 19.8 Å². The lowest BCUT2D eigenvalue weighted by Gasteiger charge is -2.09. The van der Waals surface area contributed by atoms with E-state index in [2.05, 4.69) is 10.6 Å². The second-order valence-corrected chi connectivity index (χ2v) is 5.81. The summed E-state index contributed by atoms with van der Waals surface area (Å²) in [6.07, 6.45) is 0.767. The fourth-order valence-electron chi connectivity index (χ4n) is 2.13. The number of carbonyl (C=O) groups excluding carboxylic acids is 2. The maximum Gasteiger partial charge on any atom is 0.251 e. The molecule has 0 aromatic heterocycles. The molecule has 126 valence electrons. The van der Waals surface area contributed by atoms with E-state index in [1.54, 1.807) is 31.2 Å². The molecule has 0 bridgehead atoms. The lowest BCUT2D eigenvalue weighted by Crippen LogP contribution is -2.25. The highest BCUT2D eigenvalue weighted by Gasteiger charge is 2.07. The smallest absolute Gasteiger partial charge is 0.251 e. The topological polar surface area (TPSA) is 58.2 Å². The average Bonchev–Trinajstić information content (AvgIpc) is 2.55. The van der Waals surface area contributed by atoms with Gasteiger partial charge in [-0.05, 0) is 61.4 Å². The molecule has 0 aliphatic heterocycles. The van der Waals surface area contributed by atoms with Crippen molar-refractivity contribution in [1.82, 2.24) is 5.32 Å². The van der Waals surface area contributed by atoms with Crippen LogP contribution in [-0.2, 0) is 4.79 Å². The Morgan fingerprint density at radius 2 is 1.83 bits per heavy atom. The van der Waals surface area contributed by atoms with E-state index >= 15 is 0 Å². The highest BCUT2D eigenvalue weighted by Crippen LogP contribution is 2.16. The van der Waals surface area contributed by atoms with Crippen LogP contribution in [0.15, 0.2) is 42.5 Å². The molecule has 0 aliphatic rings. The largest absolute Gasteiger partial charge is 0.352 e. The summed E-state index contributed by atoms with van der Waals surface area (Å²) in [6, 6.07) is 10.8. The predicted molar refractivity (Wildman–Crippen MR) is 92.8 cm³/mol. The first-order valence-corrected chi connectivity index (χ1v) is 7.93. The van der Waals surface area contributed by atoms with Crippen LogP contribution in [0.5, 0.6) is 0 Å². The van der Waals surface area contributed by atoms with Crippen molar-refractivity contribution in [3.63, 3.8) is 0 Å². The summed E-state index contributed by atoms with van der Waals surface area (Å²) < 4.78 is 13.0. The molecule has 24 heavy (non-hydrogen) atoms. The van der Waals surface area contributed by atoms with Gasteiger partial charge >= 0.3 is 0 Å². The summed E-state index contributed by atoms with van der Waals surface area (Å²) in [4.78, 5) is 23.7. The van der Waals surface area contributed by atoms with Gasteiger partial charge in [0, 0.05) is 29.2 Å². The van der Waals surface area contributed by atoms with Crippen LogP contribution in [0, 0.1) is 12.7 Å². The molecule has 6 heteroatoms. The molecule has 0 spiro atoms. The molecule has 0 heterocycles. The van der Waals surface area contributed by atoms with Crippen LogP contribution in [0.25, 0.3) is 0 Å². The highest BCUT2D eigenvalue weighted by atomic mass is 35.5. The van der Waals surface area contributed by atoms with Crippen molar-refractivity contribution >= 4 is 29.1 Å². The Labute approximate surface area is 145 Å². The molecule has 0 fully saturated rings. The molecule has 2 aromatic rings. The third-order valence-electron chi connectivity index (χ3n) is 3.44. The third-order valence-corrected chi connectivity index (χ3v) is 3.69. The van der Waals surface area contributed by atoms with E-state index in [0.717, 1.165) is 0 Å². The number of nitrogens with one attached hydrogen (secondary N) is 2. The number of aryl methyl sites for hydroxylation is 1. The van der Waals surface area contributed by atoms with Crippen LogP contribution in [0.2, 0.25) is 5.02 Å². The number of amides is 2. The minimum Gasteiger partial charge on any atom is -0.352 e. The lowest BCUT2D eigenvalue weighted by molar-refractivity contribution is -0.116. The van der Waals surface area contributed by atoms with Crippen molar-refractivity contribution in [2.24, 2.45) is 0 Å². The maximum atomic E-state index is 13.0. The second-order valence-electron chi connectivity index (χ2n) is 5.37. The van der Waals surface area contributed by atoms with Crippen molar-refractivity contribution in [2.75, 3.05) is 11.9 Å². The number of anilines is 1. The SMILES string of the molecule is Cc1cc(F)ccc1NC(=O)CCCNC(=O)c1ccc(Cl)cc1. The number of carbonyl (C=O) groups is 2. The minimum absolute atomic E-state index is 0.176. The van der Waals surface area contributed by atoms with Gasteiger partial charge in [0.25, 0.3) is 5.91 Å². The third kappa shape index (κ3) is 5.35. The fourth-order valence-corrected chi connectivity index (χ4v) is 2.26. The van der Waals surface area contributed by atoms with Crippen LogP contribution in [0.4, 0.5) is 10.1 Å². The van der Waals surface area contributed by atoms with Gasteiger partial charge in [0.1, 0.15) is 5.82 Å². The minimum atomic E-state index is -0.338. The Bertz CT molecular complexity index is 732. The Kier molecular flexibility index (Phi) is 6.32. The van der Waals surface area contributed by atoms with Gasteiger partial charge in [0.05, 0.1) is 0 Å². The van der Waals surface area contributed by atoms with E-state index in [-0.39, 0.29) is 24.1 Å². The van der Waals surface area contributed by atoms with E-state index in [9.17, 15) is 14.0 Å². The van der Waals surface area contributed by atoms with Gasteiger partial charge < -0.3 is 10.6 Å². The molecule has 0 atom stereocenters. The number of rotatable bonds is 6. The lowest BCUT2D eigenvalue weighted by atomic mass is 10.2. The molecule has 2 amide bonds. The van der Waals surface area contributed by atoms with Crippen LogP contribution in [0.1, 0.15) is 28.8 Å². The van der Waals surface area contributed by atoms with Crippen LogP contribution >= 0.6 is 11.6 Å².